The summed E-state index contributed by atoms with van der Waals surface area (Å²) in [7, 11) is 0. The molecule has 27 heavy (non-hydrogen) atoms. The van der Waals surface area contributed by atoms with Gasteiger partial charge in [0.2, 0.25) is 11.2 Å². The largest absolute Gasteiger partial charge is 0.427 e. The van der Waals surface area contributed by atoms with Crippen molar-refractivity contribution in [2.75, 3.05) is 11.5 Å². The van der Waals surface area contributed by atoms with Gasteiger partial charge in [-0.15, -0.1) is 0 Å². The molecule has 0 aliphatic heterocycles. The van der Waals surface area contributed by atoms with Gasteiger partial charge in [-0.05, 0) is 43.3 Å². The van der Waals surface area contributed by atoms with Crippen LogP contribution < -0.4 is 21.9 Å². The summed E-state index contributed by atoms with van der Waals surface area (Å²) in [4.78, 5) is 0. The zero-order chi connectivity index (χ0) is 19.4. The first-order chi connectivity index (χ1) is 13.1. The van der Waals surface area contributed by atoms with Crippen LogP contribution in [0.2, 0.25) is 0 Å². The Morgan fingerprint density at radius 2 is 1.44 bits per heavy atom. The highest BCUT2D eigenvalue weighted by Gasteiger charge is 2.22. The number of benzene rings is 3. The Morgan fingerprint density at radius 1 is 0.852 bits per heavy atom. The van der Waals surface area contributed by atoms with Crippen LogP contribution in [0.3, 0.4) is 0 Å². The first-order valence-corrected chi connectivity index (χ1v) is 8.64. The molecule has 4 rings (SSSR count). The van der Waals surface area contributed by atoms with Crippen LogP contribution in [0.25, 0.3) is 38.5 Å². The summed E-state index contributed by atoms with van der Waals surface area (Å²) >= 11 is 0. The molecule has 0 fully saturated rings. The second-order valence-electron chi connectivity index (χ2n) is 6.16. The number of anilines is 2. The third-order valence-electron chi connectivity index (χ3n) is 4.53. The molecule has 1 aromatic heterocycles. The van der Waals surface area contributed by atoms with E-state index in [0.717, 1.165) is 23.4 Å². The van der Waals surface area contributed by atoms with E-state index in [0.29, 0.717) is 0 Å². The third-order valence-corrected chi connectivity index (χ3v) is 4.53. The summed E-state index contributed by atoms with van der Waals surface area (Å²) < 4.78 is 2.32. The first kappa shape index (κ1) is 18.1. The maximum Gasteiger partial charge on any atom is 0.220 e. The van der Waals surface area contributed by atoms with Crippen molar-refractivity contribution in [2.45, 2.75) is 13.5 Å². The van der Waals surface area contributed by atoms with Gasteiger partial charge in [0.15, 0.2) is 0 Å². The number of nitrogens with zero attached hydrogens (tertiary/aromatic N) is 3. The fraction of sp³-hybridized carbons (Fsp3) is 0.0952. The third kappa shape index (κ3) is 3.37. The average Bonchev–Trinajstić information content (AvgIpc) is 2.68. The quantitative estimate of drug-likeness (QED) is 0.125. The molecule has 4 aromatic rings. The number of hydrogen-bond donors (Lipinski definition) is 3. The predicted molar refractivity (Wildman–Crippen MR) is 112 cm³/mol. The second kappa shape index (κ2) is 7.70. The van der Waals surface area contributed by atoms with E-state index in [1.165, 1.54) is 27.4 Å². The Bertz CT molecular complexity index is 1110. The molecule has 6 heteroatoms. The molecule has 0 unspecified atom stereocenters. The zero-order valence-electron chi connectivity index (χ0n) is 15.1. The fourth-order valence-electron chi connectivity index (χ4n) is 3.49. The monoisotopic (exact) mass is 358 g/mol. The fourth-order valence-corrected chi connectivity index (χ4v) is 3.49. The minimum atomic E-state index is 0.775. The number of fused-ring (bicyclic) bond motifs is 3. The molecule has 3 aromatic carbocycles. The van der Waals surface area contributed by atoms with E-state index in [-0.39, 0.29) is 0 Å². The number of rotatable bonds is 2. The van der Waals surface area contributed by atoms with Crippen molar-refractivity contribution >= 4 is 33.1 Å². The molecule has 0 aliphatic carbocycles. The van der Waals surface area contributed by atoms with Crippen molar-refractivity contribution in [3.8, 4) is 11.3 Å². The van der Waals surface area contributed by atoms with Crippen LogP contribution in [0.5, 0.6) is 0 Å². The lowest BCUT2D eigenvalue weighted by Crippen LogP contribution is -2.36. The van der Waals surface area contributed by atoms with Crippen LogP contribution in [0.4, 0.5) is 11.4 Å². The molecule has 136 valence electrons. The number of aromatic nitrogens is 1. The van der Waals surface area contributed by atoms with Crippen molar-refractivity contribution in [1.29, 1.82) is 0 Å². The van der Waals surface area contributed by atoms with Gasteiger partial charge in [0.1, 0.15) is 6.54 Å². The lowest BCUT2D eigenvalue weighted by molar-refractivity contribution is -0.655. The van der Waals surface area contributed by atoms with Crippen LogP contribution in [0.15, 0.2) is 72.0 Å². The summed E-state index contributed by atoms with van der Waals surface area (Å²) in [6, 6.07) is 22.7. The average molecular weight is 358 g/mol. The standard InChI is InChI=1S/C21H19N3.H2N3/c1-2-24-20-13-16(23)9-11-18(20)17-10-8-15(22)12-19(17)21(24)14-6-4-3-5-7-14;1-3-2/h3-13,23H,2,22H2,1H3;(H2-,1,2)/q;-1/p+1. The van der Waals surface area contributed by atoms with Crippen LogP contribution in [0, 0.1) is 0 Å². The maximum absolute atomic E-state index is 6.97. The second-order valence-corrected chi connectivity index (χ2v) is 6.16. The highest BCUT2D eigenvalue weighted by atomic mass is 15.2. The maximum atomic E-state index is 6.97. The first-order valence-electron chi connectivity index (χ1n) is 8.64. The Labute approximate surface area is 157 Å². The Hall–Kier alpha value is -3.67. The van der Waals surface area contributed by atoms with Crippen LogP contribution in [-0.2, 0) is 6.54 Å². The smallest absolute Gasteiger partial charge is 0.220 e. The Kier molecular flexibility index (Phi) is 5.17. The van der Waals surface area contributed by atoms with Gasteiger partial charge in [0, 0.05) is 28.4 Å². The van der Waals surface area contributed by atoms with Gasteiger partial charge in [-0.3, -0.25) is 5.22 Å². The van der Waals surface area contributed by atoms with Gasteiger partial charge in [-0.1, -0.05) is 24.3 Å². The Balaban J connectivity index is 0.000000659. The topological polar surface area (TPSA) is 117 Å². The van der Waals surface area contributed by atoms with E-state index in [2.05, 4.69) is 65.9 Å². The molecule has 0 aliphatic rings. The minimum Gasteiger partial charge on any atom is -0.427 e. The molecular formula is C21H22N6. The summed E-state index contributed by atoms with van der Waals surface area (Å²) in [6.45, 7) is 3.02. The van der Waals surface area contributed by atoms with Crippen molar-refractivity contribution < 1.29 is 4.57 Å². The van der Waals surface area contributed by atoms with Crippen molar-refractivity contribution in [2.24, 2.45) is 11.1 Å². The number of aryl methyl sites for hydroxylation is 1. The molecule has 6 nitrogen and oxygen atoms in total. The zero-order valence-corrected chi connectivity index (χ0v) is 15.1. The number of nitrogen functional groups attached to an aromatic ring is 2. The van der Waals surface area contributed by atoms with Crippen molar-refractivity contribution in [3.05, 3.63) is 72.3 Å². The van der Waals surface area contributed by atoms with Crippen LogP contribution in [0.1, 0.15) is 6.92 Å². The molecule has 1 heterocycles. The number of hydrogen-bond acceptors (Lipinski definition) is 3. The molecule has 0 atom stereocenters. The lowest BCUT2D eigenvalue weighted by Gasteiger charge is -2.12. The molecule has 6 N–H and O–H groups in total. The number of nitrogens with two attached hydrogens (primary N) is 3. The van der Waals surface area contributed by atoms with E-state index < -0.39 is 0 Å². The molecule has 0 spiro atoms. The molecule has 0 saturated heterocycles. The van der Waals surface area contributed by atoms with Gasteiger partial charge in [-0.25, -0.2) is 0 Å². The highest BCUT2D eigenvalue weighted by molar-refractivity contribution is 6.10. The molecule has 0 saturated carbocycles. The molecular weight excluding hydrogens is 336 g/mol. The van der Waals surface area contributed by atoms with Gasteiger partial charge < -0.3 is 22.8 Å². The summed E-state index contributed by atoms with van der Waals surface area (Å²) in [6.07, 6.45) is 0. The van der Waals surface area contributed by atoms with E-state index in [4.69, 9.17) is 17.0 Å². The highest BCUT2D eigenvalue weighted by Crippen LogP contribution is 2.33. The molecule has 0 radical (unpaired) electrons. The molecule has 0 amide bonds. The molecule has 0 bridgehead atoms. The predicted octanol–water partition coefficient (Wildman–Crippen LogP) is 4.01. The lowest BCUT2D eigenvalue weighted by atomic mass is 9.98. The van der Waals surface area contributed by atoms with Crippen LogP contribution >= 0.6 is 0 Å². The van der Waals surface area contributed by atoms with E-state index in [1.807, 2.05) is 23.4 Å². The summed E-state index contributed by atoms with van der Waals surface area (Å²) in [5, 5.41) is 5.56. The Morgan fingerprint density at radius 3 is 2.07 bits per heavy atom. The van der Waals surface area contributed by atoms with E-state index in [9.17, 15) is 0 Å². The minimum absolute atomic E-state index is 0.775. The van der Waals surface area contributed by atoms with Gasteiger partial charge >= 0.3 is 0 Å². The normalized spacial score (nSPS) is 10.4. The van der Waals surface area contributed by atoms with E-state index in [1.54, 1.807) is 0 Å². The SMILES string of the molecule is CC[n+]1c(-c2ccccc2)c2cc(N)ccc2c2ccc(N)cc21.[N-]=NN. The van der Waals surface area contributed by atoms with Gasteiger partial charge in [0.25, 0.3) is 0 Å². The van der Waals surface area contributed by atoms with Gasteiger partial charge in [0.05, 0.1) is 10.8 Å². The van der Waals surface area contributed by atoms with Crippen molar-refractivity contribution in [1.82, 2.24) is 0 Å². The van der Waals surface area contributed by atoms with Gasteiger partial charge in [-0.2, -0.15) is 4.57 Å². The van der Waals surface area contributed by atoms with Crippen molar-refractivity contribution in [3.63, 3.8) is 0 Å². The summed E-state index contributed by atoms with van der Waals surface area (Å²) in [5.74, 6) is 4.03. The summed E-state index contributed by atoms with van der Waals surface area (Å²) in [5.41, 5.74) is 24.2. The van der Waals surface area contributed by atoms with E-state index >= 15 is 0 Å². The number of pyridine rings is 1. The van der Waals surface area contributed by atoms with Crippen LogP contribution in [-0.4, -0.2) is 0 Å².